The standard InChI is InChI=1S/C23H27N3O/c1-23(2)14-21-20(16-27-23)13-19(15-24)22(25-21)26-10-8-18(9-11-26)12-17-6-4-3-5-7-17/h3-7,13,18H,8-12,14,16H2,1-2H3/p+1. The molecule has 4 nitrogen and oxygen atoms in total. The van der Waals surface area contributed by atoms with E-state index < -0.39 is 0 Å². The second kappa shape index (κ2) is 7.32. The normalized spacial score (nSPS) is 19.4. The van der Waals surface area contributed by atoms with Crippen molar-refractivity contribution < 1.29 is 9.72 Å². The van der Waals surface area contributed by atoms with Crippen molar-refractivity contribution in [1.29, 1.82) is 5.26 Å². The Kier molecular flexibility index (Phi) is 4.88. The summed E-state index contributed by atoms with van der Waals surface area (Å²) >= 11 is 0. The molecule has 1 N–H and O–H groups in total. The van der Waals surface area contributed by atoms with Crippen molar-refractivity contribution in [3.8, 4) is 6.07 Å². The zero-order valence-corrected chi connectivity index (χ0v) is 16.3. The Bertz CT molecular complexity index is 846. The van der Waals surface area contributed by atoms with Gasteiger partial charge in [0.25, 0.3) is 5.82 Å². The van der Waals surface area contributed by atoms with Crippen LogP contribution in [0, 0.1) is 17.2 Å². The minimum absolute atomic E-state index is 0.155. The Morgan fingerprint density at radius 2 is 1.96 bits per heavy atom. The van der Waals surface area contributed by atoms with Gasteiger partial charge in [0.05, 0.1) is 25.3 Å². The van der Waals surface area contributed by atoms with E-state index in [1.807, 2.05) is 6.07 Å². The number of aromatic amines is 1. The second-order valence-corrected chi connectivity index (χ2v) is 8.49. The lowest BCUT2D eigenvalue weighted by Crippen LogP contribution is -2.42. The van der Waals surface area contributed by atoms with Crippen molar-refractivity contribution in [1.82, 2.24) is 0 Å². The molecule has 2 aliphatic heterocycles. The van der Waals surface area contributed by atoms with Gasteiger partial charge in [-0.25, -0.2) is 4.98 Å². The highest BCUT2D eigenvalue weighted by Crippen LogP contribution is 2.30. The van der Waals surface area contributed by atoms with Gasteiger partial charge in [-0.05, 0) is 50.7 Å². The van der Waals surface area contributed by atoms with E-state index in [4.69, 9.17) is 4.74 Å². The molecule has 1 aromatic heterocycles. The predicted molar refractivity (Wildman–Crippen MR) is 105 cm³/mol. The molecule has 2 aliphatic rings. The number of piperidine rings is 1. The highest BCUT2D eigenvalue weighted by molar-refractivity contribution is 5.52. The quantitative estimate of drug-likeness (QED) is 0.837. The monoisotopic (exact) mass is 362 g/mol. The molecule has 4 rings (SSSR count). The van der Waals surface area contributed by atoms with Crippen LogP contribution in [0.5, 0.6) is 0 Å². The third kappa shape index (κ3) is 3.99. The molecule has 0 atom stereocenters. The number of pyridine rings is 1. The molecule has 0 amide bonds. The first-order chi connectivity index (χ1) is 13.0. The average Bonchev–Trinajstić information content (AvgIpc) is 2.68. The first-order valence-corrected chi connectivity index (χ1v) is 9.95. The Hall–Kier alpha value is -2.38. The van der Waals surface area contributed by atoms with Gasteiger partial charge in [-0.1, -0.05) is 30.3 Å². The molecule has 0 saturated carbocycles. The van der Waals surface area contributed by atoms with E-state index >= 15 is 0 Å². The van der Waals surface area contributed by atoms with Crippen LogP contribution in [0.2, 0.25) is 0 Å². The molecular weight excluding hydrogens is 334 g/mol. The van der Waals surface area contributed by atoms with Crippen LogP contribution < -0.4 is 9.88 Å². The fourth-order valence-electron chi connectivity index (χ4n) is 4.30. The fraction of sp³-hybridized carbons (Fsp3) is 0.478. The average molecular weight is 362 g/mol. The van der Waals surface area contributed by atoms with E-state index in [2.05, 4.69) is 60.1 Å². The molecule has 0 aliphatic carbocycles. The van der Waals surface area contributed by atoms with Gasteiger partial charge < -0.3 is 4.74 Å². The zero-order valence-electron chi connectivity index (χ0n) is 16.3. The van der Waals surface area contributed by atoms with Crippen LogP contribution in [0.3, 0.4) is 0 Å². The molecule has 0 unspecified atom stereocenters. The van der Waals surface area contributed by atoms with E-state index in [0.29, 0.717) is 6.61 Å². The number of nitrogens with one attached hydrogen (secondary N) is 1. The Labute approximate surface area is 161 Å². The molecule has 140 valence electrons. The number of H-pyrrole nitrogens is 1. The van der Waals surface area contributed by atoms with Gasteiger partial charge >= 0.3 is 0 Å². The van der Waals surface area contributed by atoms with Crippen LogP contribution in [0.4, 0.5) is 5.82 Å². The van der Waals surface area contributed by atoms with E-state index in [0.717, 1.165) is 48.8 Å². The first-order valence-electron chi connectivity index (χ1n) is 9.95. The number of nitrogens with zero attached hydrogens (tertiary/aromatic N) is 2. The summed E-state index contributed by atoms with van der Waals surface area (Å²) in [5, 5.41) is 9.66. The lowest BCUT2D eigenvalue weighted by Gasteiger charge is -2.32. The van der Waals surface area contributed by atoms with Crippen molar-refractivity contribution >= 4 is 5.82 Å². The molecule has 0 spiro atoms. The van der Waals surface area contributed by atoms with Crippen LogP contribution in [0.25, 0.3) is 0 Å². The van der Waals surface area contributed by atoms with Crippen molar-refractivity contribution in [2.75, 3.05) is 18.0 Å². The number of ether oxygens (including phenoxy) is 1. The third-order valence-electron chi connectivity index (χ3n) is 5.87. The second-order valence-electron chi connectivity index (χ2n) is 8.49. The van der Waals surface area contributed by atoms with Gasteiger partial charge in [-0.15, -0.1) is 0 Å². The van der Waals surface area contributed by atoms with Gasteiger partial charge in [0, 0.05) is 12.0 Å². The Balaban J connectivity index is 1.49. The zero-order chi connectivity index (χ0) is 18.9. The van der Waals surface area contributed by atoms with Crippen LogP contribution in [0.1, 0.15) is 49.1 Å². The van der Waals surface area contributed by atoms with Gasteiger partial charge in [0.15, 0.2) is 0 Å². The smallest absolute Gasteiger partial charge is 0.292 e. The summed E-state index contributed by atoms with van der Waals surface area (Å²) in [4.78, 5) is 5.96. The lowest BCUT2D eigenvalue weighted by atomic mass is 9.90. The highest BCUT2D eigenvalue weighted by Gasteiger charge is 2.33. The summed E-state index contributed by atoms with van der Waals surface area (Å²) in [5.41, 5.74) is 4.34. The molecule has 0 bridgehead atoms. The molecule has 1 fully saturated rings. The summed E-state index contributed by atoms with van der Waals surface area (Å²) in [6.45, 7) is 6.82. The number of hydrogen-bond donors (Lipinski definition) is 0. The Morgan fingerprint density at radius 1 is 1.22 bits per heavy atom. The summed E-state index contributed by atoms with van der Waals surface area (Å²) in [7, 11) is 0. The summed E-state index contributed by atoms with van der Waals surface area (Å²) < 4.78 is 5.90. The summed E-state index contributed by atoms with van der Waals surface area (Å²) in [6, 6.07) is 15.2. The fourth-order valence-corrected chi connectivity index (χ4v) is 4.30. The molecule has 0 radical (unpaired) electrons. The predicted octanol–water partition coefficient (Wildman–Crippen LogP) is 3.68. The third-order valence-corrected chi connectivity index (χ3v) is 5.87. The molecule has 1 saturated heterocycles. The molecule has 1 aromatic carbocycles. The molecule has 2 aromatic rings. The van der Waals surface area contributed by atoms with Gasteiger partial charge in [0.1, 0.15) is 17.3 Å². The van der Waals surface area contributed by atoms with E-state index in [9.17, 15) is 5.26 Å². The molecule has 27 heavy (non-hydrogen) atoms. The number of aromatic nitrogens is 1. The minimum Gasteiger partial charge on any atom is -0.370 e. The first kappa shape index (κ1) is 18.0. The number of nitriles is 1. The molecular formula is C23H28N3O+. The largest absolute Gasteiger partial charge is 0.370 e. The van der Waals surface area contributed by atoms with Gasteiger partial charge in [-0.2, -0.15) is 5.26 Å². The maximum absolute atomic E-state index is 9.66. The van der Waals surface area contributed by atoms with Crippen LogP contribution in [-0.4, -0.2) is 18.7 Å². The Morgan fingerprint density at radius 3 is 2.67 bits per heavy atom. The van der Waals surface area contributed by atoms with Gasteiger partial charge in [0.2, 0.25) is 0 Å². The van der Waals surface area contributed by atoms with Gasteiger partial charge in [-0.3, -0.25) is 4.90 Å². The number of rotatable bonds is 3. The SMILES string of the molecule is CC1(C)Cc2[nH+]c(N3CCC(Cc4ccccc4)CC3)c(C#N)cc2CO1. The number of anilines is 1. The maximum atomic E-state index is 9.66. The lowest BCUT2D eigenvalue weighted by molar-refractivity contribution is -0.383. The molecule has 3 heterocycles. The minimum atomic E-state index is -0.155. The maximum Gasteiger partial charge on any atom is 0.292 e. The number of hydrogen-bond acceptors (Lipinski definition) is 3. The highest BCUT2D eigenvalue weighted by atomic mass is 16.5. The summed E-state index contributed by atoms with van der Waals surface area (Å²) in [5.74, 6) is 1.71. The van der Waals surface area contributed by atoms with Crippen molar-refractivity contribution in [2.24, 2.45) is 5.92 Å². The number of fused-ring (bicyclic) bond motifs is 1. The van der Waals surface area contributed by atoms with Crippen LogP contribution in [-0.2, 0) is 24.2 Å². The van der Waals surface area contributed by atoms with Crippen molar-refractivity contribution in [2.45, 2.75) is 51.7 Å². The van der Waals surface area contributed by atoms with E-state index in [1.165, 1.54) is 24.1 Å². The topological polar surface area (TPSA) is 50.4 Å². The summed E-state index contributed by atoms with van der Waals surface area (Å²) in [6.07, 6.45) is 4.34. The van der Waals surface area contributed by atoms with E-state index in [-0.39, 0.29) is 5.60 Å². The van der Waals surface area contributed by atoms with Crippen molar-refractivity contribution in [3.05, 3.63) is 58.8 Å². The van der Waals surface area contributed by atoms with E-state index in [1.54, 1.807) is 0 Å². The van der Waals surface area contributed by atoms with Crippen LogP contribution >= 0.6 is 0 Å². The van der Waals surface area contributed by atoms with Crippen molar-refractivity contribution in [3.63, 3.8) is 0 Å². The van der Waals surface area contributed by atoms with Crippen LogP contribution in [0.15, 0.2) is 36.4 Å². The molecule has 4 heteroatoms. The number of benzene rings is 1.